The van der Waals surface area contributed by atoms with Gasteiger partial charge in [-0.05, 0) is 43.4 Å². The minimum atomic E-state index is -0.601. The molecule has 1 aliphatic heterocycles. The number of benzene rings is 1. The summed E-state index contributed by atoms with van der Waals surface area (Å²) in [6.07, 6.45) is 0.401. The van der Waals surface area contributed by atoms with Crippen molar-refractivity contribution < 1.29 is 14.3 Å². The monoisotopic (exact) mass is 351 g/mol. The quantitative estimate of drug-likeness (QED) is 0.567. The van der Waals surface area contributed by atoms with Gasteiger partial charge in [0.1, 0.15) is 5.75 Å². The van der Waals surface area contributed by atoms with E-state index in [1.54, 1.807) is 30.0 Å². The van der Waals surface area contributed by atoms with Crippen LogP contribution in [0.4, 0.5) is 5.69 Å². The average molecular weight is 352 g/mol. The normalized spacial score (nSPS) is 18.6. The van der Waals surface area contributed by atoms with E-state index < -0.39 is 11.5 Å². The fraction of sp³-hybridized carbons (Fsp3) is 0.579. The van der Waals surface area contributed by atoms with E-state index in [9.17, 15) is 9.59 Å². The van der Waals surface area contributed by atoms with E-state index in [-0.39, 0.29) is 17.6 Å². The second-order valence-corrected chi connectivity index (χ2v) is 7.77. The van der Waals surface area contributed by atoms with Gasteiger partial charge in [0.2, 0.25) is 0 Å². The Bertz CT molecular complexity index is 625. The van der Waals surface area contributed by atoms with Crippen LogP contribution < -0.4 is 9.64 Å². The number of rotatable bonds is 6. The zero-order chi connectivity index (χ0) is 18.0. The maximum atomic E-state index is 12.8. The third kappa shape index (κ3) is 3.92. The Hall–Kier alpha value is -1.55. The van der Waals surface area contributed by atoms with Gasteiger partial charge in [-0.2, -0.15) is 0 Å². The Balaban J connectivity index is 2.43. The molecular weight excluding hydrogens is 326 g/mol. The lowest BCUT2D eigenvalue weighted by Crippen LogP contribution is -2.49. The minimum Gasteiger partial charge on any atom is -0.478 e. The van der Waals surface area contributed by atoms with Gasteiger partial charge in [0.05, 0.1) is 11.1 Å². The summed E-state index contributed by atoms with van der Waals surface area (Å²) in [6, 6.07) is 5.21. The first kappa shape index (κ1) is 18.8. The van der Waals surface area contributed by atoms with Crippen LogP contribution in [0.3, 0.4) is 0 Å². The molecule has 0 aliphatic carbocycles. The minimum absolute atomic E-state index is 0.0401. The molecule has 1 aliphatic rings. The highest BCUT2D eigenvalue weighted by molar-refractivity contribution is 6.33. The topological polar surface area (TPSA) is 46.6 Å². The number of halogens is 1. The lowest BCUT2D eigenvalue weighted by atomic mass is 10.00. The molecule has 1 amide bonds. The molecular formula is C19H26ClNO3. The first-order valence-corrected chi connectivity index (χ1v) is 8.96. The van der Waals surface area contributed by atoms with Gasteiger partial charge < -0.3 is 9.64 Å². The van der Waals surface area contributed by atoms with Crippen molar-refractivity contribution in [3.05, 3.63) is 23.8 Å². The molecule has 0 saturated heterocycles. The van der Waals surface area contributed by atoms with Crippen LogP contribution >= 0.6 is 11.6 Å². The number of nitrogens with zero attached hydrogens (tertiary/aromatic N) is 1. The number of carbonyl (C=O) groups excluding carboxylic acids is 2. The number of amides is 1. The molecule has 0 bridgehead atoms. The fourth-order valence-corrected chi connectivity index (χ4v) is 2.84. The molecule has 132 valence electrons. The summed E-state index contributed by atoms with van der Waals surface area (Å²) < 4.78 is 5.90. The molecule has 0 radical (unpaired) electrons. The molecule has 1 heterocycles. The van der Waals surface area contributed by atoms with Gasteiger partial charge in [0.25, 0.3) is 5.91 Å². The van der Waals surface area contributed by atoms with Crippen LogP contribution in [0, 0.1) is 11.8 Å². The molecule has 0 aromatic heterocycles. The highest BCUT2D eigenvalue weighted by atomic mass is 35.5. The number of alkyl halides is 1. The summed E-state index contributed by atoms with van der Waals surface area (Å²) in [4.78, 5) is 26.8. The SMILES string of the molecule is CC(C)CCN1C(=O)C(C(C)C)Oc2ccc(C(=O)C(C)Cl)cc21. The van der Waals surface area contributed by atoms with E-state index in [2.05, 4.69) is 13.8 Å². The predicted octanol–water partition coefficient (Wildman–Crippen LogP) is 4.29. The molecule has 1 aromatic rings. The van der Waals surface area contributed by atoms with Crippen LogP contribution in [0.1, 0.15) is 51.4 Å². The van der Waals surface area contributed by atoms with E-state index in [0.717, 1.165) is 6.42 Å². The van der Waals surface area contributed by atoms with Gasteiger partial charge in [-0.25, -0.2) is 0 Å². The van der Waals surface area contributed by atoms with Crippen molar-refractivity contribution in [2.45, 2.75) is 52.5 Å². The van der Waals surface area contributed by atoms with Crippen molar-refractivity contribution in [1.82, 2.24) is 0 Å². The molecule has 5 heteroatoms. The number of ether oxygens (including phenoxy) is 1. The van der Waals surface area contributed by atoms with Crippen LogP contribution in [-0.2, 0) is 4.79 Å². The number of ketones is 1. The zero-order valence-electron chi connectivity index (χ0n) is 15.0. The highest BCUT2D eigenvalue weighted by Crippen LogP contribution is 2.37. The first-order chi connectivity index (χ1) is 11.2. The number of hydrogen-bond donors (Lipinski definition) is 0. The molecule has 0 fully saturated rings. The van der Waals surface area contributed by atoms with Gasteiger partial charge in [-0.15, -0.1) is 11.6 Å². The molecule has 0 saturated carbocycles. The number of Topliss-reactive ketones (excluding diaryl/α,β-unsaturated/α-hetero) is 1. The van der Waals surface area contributed by atoms with Crippen molar-refractivity contribution in [3.8, 4) is 5.75 Å². The van der Waals surface area contributed by atoms with E-state index in [1.165, 1.54) is 0 Å². The average Bonchev–Trinajstić information content (AvgIpc) is 2.51. The molecule has 0 N–H and O–H groups in total. The Kier molecular flexibility index (Phi) is 5.92. The van der Waals surface area contributed by atoms with Gasteiger partial charge in [-0.1, -0.05) is 27.7 Å². The van der Waals surface area contributed by atoms with Crippen LogP contribution in [0.15, 0.2) is 18.2 Å². The smallest absolute Gasteiger partial charge is 0.268 e. The second-order valence-electron chi connectivity index (χ2n) is 7.12. The van der Waals surface area contributed by atoms with Crippen LogP contribution in [-0.4, -0.2) is 29.7 Å². The van der Waals surface area contributed by atoms with Crippen LogP contribution in [0.25, 0.3) is 0 Å². The first-order valence-electron chi connectivity index (χ1n) is 8.52. The van der Waals surface area contributed by atoms with Crippen molar-refractivity contribution in [1.29, 1.82) is 0 Å². The zero-order valence-corrected chi connectivity index (χ0v) is 15.8. The van der Waals surface area contributed by atoms with E-state index in [4.69, 9.17) is 16.3 Å². The second kappa shape index (κ2) is 7.56. The van der Waals surface area contributed by atoms with Crippen molar-refractivity contribution >= 4 is 29.0 Å². The molecule has 24 heavy (non-hydrogen) atoms. The number of hydrogen-bond acceptors (Lipinski definition) is 3. The Labute approximate surface area is 149 Å². The van der Waals surface area contributed by atoms with Gasteiger partial charge in [0, 0.05) is 12.1 Å². The number of carbonyl (C=O) groups is 2. The van der Waals surface area contributed by atoms with E-state index in [0.29, 0.717) is 29.5 Å². The standard InChI is InChI=1S/C19H26ClNO3/c1-11(2)8-9-21-15-10-14(17(22)13(5)20)6-7-16(15)24-18(12(3)4)19(21)23/h6-7,10-13,18H,8-9H2,1-5H3. The maximum Gasteiger partial charge on any atom is 0.268 e. The third-order valence-corrected chi connectivity index (χ3v) is 4.39. The van der Waals surface area contributed by atoms with Gasteiger partial charge in [0.15, 0.2) is 11.9 Å². The Morgan fingerprint density at radius 2 is 1.92 bits per heavy atom. The van der Waals surface area contributed by atoms with Crippen molar-refractivity contribution in [3.63, 3.8) is 0 Å². The third-order valence-electron chi connectivity index (χ3n) is 4.19. The molecule has 2 rings (SSSR count). The summed E-state index contributed by atoms with van der Waals surface area (Å²) in [6.45, 7) is 10.5. The van der Waals surface area contributed by atoms with E-state index in [1.807, 2.05) is 13.8 Å². The molecule has 2 unspecified atom stereocenters. The summed E-state index contributed by atoms with van der Waals surface area (Å²) in [5, 5.41) is -0.601. The van der Waals surface area contributed by atoms with Gasteiger partial charge in [-0.3, -0.25) is 9.59 Å². The molecule has 4 nitrogen and oxygen atoms in total. The van der Waals surface area contributed by atoms with Gasteiger partial charge >= 0.3 is 0 Å². The fourth-order valence-electron chi connectivity index (χ4n) is 2.71. The lowest BCUT2D eigenvalue weighted by Gasteiger charge is -2.36. The number of fused-ring (bicyclic) bond motifs is 1. The molecule has 1 aromatic carbocycles. The number of anilines is 1. The van der Waals surface area contributed by atoms with Crippen LogP contribution in [0.2, 0.25) is 0 Å². The largest absolute Gasteiger partial charge is 0.478 e. The summed E-state index contributed by atoms with van der Waals surface area (Å²) >= 11 is 5.92. The summed E-state index contributed by atoms with van der Waals surface area (Å²) in [7, 11) is 0. The predicted molar refractivity (Wildman–Crippen MR) is 97.1 cm³/mol. The van der Waals surface area contributed by atoms with E-state index >= 15 is 0 Å². The Morgan fingerprint density at radius 1 is 1.25 bits per heavy atom. The van der Waals surface area contributed by atoms with Crippen molar-refractivity contribution in [2.24, 2.45) is 11.8 Å². The highest BCUT2D eigenvalue weighted by Gasteiger charge is 2.36. The maximum absolute atomic E-state index is 12.8. The van der Waals surface area contributed by atoms with Crippen LogP contribution in [0.5, 0.6) is 5.75 Å². The summed E-state index contributed by atoms with van der Waals surface area (Å²) in [5.41, 5.74) is 1.17. The molecule has 0 spiro atoms. The Morgan fingerprint density at radius 3 is 2.46 bits per heavy atom. The van der Waals surface area contributed by atoms with Crippen molar-refractivity contribution in [2.75, 3.05) is 11.4 Å². The molecule has 2 atom stereocenters. The summed E-state index contributed by atoms with van der Waals surface area (Å²) in [5.74, 6) is 1.02. The lowest BCUT2D eigenvalue weighted by molar-refractivity contribution is -0.128.